The Labute approximate surface area is 126 Å². The lowest BCUT2D eigenvalue weighted by molar-refractivity contribution is 0.882. The molecular formula is C19H19N2. The SMILES string of the molecule is [CH2]c1cc(-n2ccc(-c3ccc(C)cc3C)n2)ccc1C. The van der Waals surface area contributed by atoms with Crippen LogP contribution < -0.4 is 0 Å². The van der Waals surface area contributed by atoms with Crippen LogP contribution in [0.4, 0.5) is 0 Å². The maximum atomic E-state index is 4.70. The standard InChI is InChI=1S/C19H19N2/c1-13-5-8-18(16(4)11-13)19-9-10-21(20-19)17-7-6-14(2)15(3)12-17/h5-12H,3H2,1-2,4H3. The Morgan fingerprint density at radius 3 is 2.43 bits per heavy atom. The van der Waals surface area contributed by atoms with E-state index < -0.39 is 0 Å². The third-order valence-corrected chi connectivity index (χ3v) is 3.84. The van der Waals surface area contributed by atoms with Crippen LogP contribution in [0.5, 0.6) is 0 Å². The average Bonchev–Trinajstić information content (AvgIpc) is 2.91. The van der Waals surface area contributed by atoms with E-state index in [1.165, 1.54) is 22.3 Å². The zero-order valence-corrected chi connectivity index (χ0v) is 12.7. The molecule has 0 saturated carbocycles. The fourth-order valence-electron chi connectivity index (χ4n) is 2.51. The van der Waals surface area contributed by atoms with Crippen molar-refractivity contribution in [2.75, 3.05) is 0 Å². The van der Waals surface area contributed by atoms with Crippen molar-refractivity contribution in [1.29, 1.82) is 0 Å². The van der Waals surface area contributed by atoms with Crippen molar-refractivity contribution in [3.05, 3.63) is 77.8 Å². The molecular weight excluding hydrogens is 256 g/mol. The van der Waals surface area contributed by atoms with E-state index in [1.54, 1.807) is 0 Å². The summed E-state index contributed by atoms with van der Waals surface area (Å²) in [7, 11) is 0. The summed E-state index contributed by atoms with van der Waals surface area (Å²) >= 11 is 0. The van der Waals surface area contributed by atoms with Gasteiger partial charge in [-0.2, -0.15) is 5.10 Å². The maximum Gasteiger partial charge on any atom is 0.0930 e. The van der Waals surface area contributed by atoms with Gasteiger partial charge in [-0.25, -0.2) is 4.68 Å². The summed E-state index contributed by atoms with van der Waals surface area (Å²) in [6.07, 6.45) is 2.00. The number of benzene rings is 2. The number of aromatic nitrogens is 2. The van der Waals surface area contributed by atoms with Crippen LogP contribution in [0.2, 0.25) is 0 Å². The molecule has 0 amide bonds. The van der Waals surface area contributed by atoms with Gasteiger partial charge in [-0.1, -0.05) is 29.8 Å². The minimum absolute atomic E-state index is 0.999. The third-order valence-electron chi connectivity index (χ3n) is 3.84. The number of hydrogen-bond donors (Lipinski definition) is 0. The van der Waals surface area contributed by atoms with Crippen LogP contribution in [-0.2, 0) is 0 Å². The Hall–Kier alpha value is -2.35. The molecule has 0 bridgehead atoms. The van der Waals surface area contributed by atoms with Gasteiger partial charge >= 0.3 is 0 Å². The van der Waals surface area contributed by atoms with Gasteiger partial charge in [0, 0.05) is 11.8 Å². The molecule has 105 valence electrons. The summed E-state index contributed by atoms with van der Waals surface area (Å²) < 4.78 is 1.91. The zero-order valence-electron chi connectivity index (χ0n) is 12.7. The van der Waals surface area contributed by atoms with Crippen molar-refractivity contribution < 1.29 is 0 Å². The highest BCUT2D eigenvalue weighted by Crippen LogP contribution is 2.23. The highest BCUT2D eigenvalue weighted by atomic mass is 15.3. The first-order valence-corrected chi connectivity index (χ1v) is 7.11. The van der Waals surface area contributed by atoms with Crippen molar-refractivity contribution in [3.63, 3.8) is 0 Å². The molecule has 3 rings (SSSR count). The third kappa shape index (κ3) is 2.62. The zero-order chi connectivity index (χ0) is 15.0. The molecule has 1 heterocycles. The summed E-state index contributed by atoms with van der Waals surface area (Å²) in [6.45, 7) is 10.4. The van der Waals surface area contributed by atoms with E-state index in [0.717, 1.165) is 16.9 Å². The predicted molar refractivity (Wildman–Crippen MR) is 87.7 cm³/mol. The van der Waals surface area contributed by atoms with Crippen molar-refractivity contribution in [3.8, 4) is 16.9 Å². The number of rotatable bonds is 2. The van der Waals surface area contributed by atoms with Crippen LogP contribution in [0, 0.1) is 27.7 Å². The van der Waals surface area contributed by atoms with Crippen LogP contribution in [0.1, 0.15) is 22.3 Å². The lowest BCUT2D eigenvalue weighted by atomic mass is 10.0. The monoisotopic (exact) mass is 275 g/mol. The van der Waals surface area contributed by atoms with Crippen molar-refractivity contribution in [1.82, 2.24) is 9.78 Å². The molecule has 2 heteroatoms. The first-order valence-electron chi connectivity index (χ1n) is 7.11. The van der Waals surface area contributed by atoms with Crippen molar-refractivity contribution in [2.45, 2.75) is 20.8 Å². The first kappa shape index (κ1) is 13.6. The average molecular weight is 275 g/mol. The molecule has 3 aromatic rings. The maximum absolute atomic E-state index is 4.70. The molecule has 0 atom stereocenters. The number of aryl methyl sites for hydroxylation is 3. The first-order chi connectivity index (χ1) is 10.0. The van der Waals surface area contributed by atoms with E-state index >= 15 is 0 Å². The van der Waals surface area contributed by atoms with E-state index in [-0.39, 0.29) is 0 Å². The van der Waals surface area contributed by atoms with E-state index in [0.29, 0.717) is 0 Å². The quantitative estimate of drug-likeness (QED) is 0.666. The normalized spacial score (nSPS) is 10.9. The molecule has 0 fully saturated rings. The molecule has 0 saturated heterocycles. The van der Waals surface area contributed by atoms with Crippen LogP contribution in [0.15, 0.2) is 48.7 Å². The largest absolute Gasteiger partial charge is 0.240 e. The molecule has 2 aromatic carbocycles. The van der Waals surface area contributed by atoms with Gasteiger partial charge in [0.05, 0.1) is 11.4 Å². The van der Waals surface area contributed by atoms with Gasteiger partial charge in [-0.05, 0) is 62.6 Å². The second-order valence-corrected chi connectivity index (χ2v) is 5.57. The fraction of sp³-hybridized carbons (Fsp3) is 0.158. The summed E-state index contributed by atoms with van der Waals surface area (Å²) in [5.41, 5.74) is 7.98. The molecule has 0 aliphatic rings. The molecule has 1 radical (unpaired) electrons. The molecule has 21 heavy (non-hydrogen) atoms. The molecule has 2 nitrogen and oxygen atoms in total. The van der Waals surface area contributed by atoms with Crippen molar-refractivity contribution in [2.24, 2.45) is 0 Å². The van der Waals surface area contributed by atoms with Crippen LogP contribution in [0.3, 0.4) is 0 Å². The van der Waals surface area contributed by atoms with Gasteiger partial charge in [0.15, 0.2) is 0 Å². The molecule has 0 spiro atoms. The van der Waals surface area contributed by atoms with E-state index in [2.05, 4.69) is 70.2 Å². The lowest BCUT2D eigenvalue weighted by Crippen LogP contribution is -1.96. The van der Waals surface area contributed by atoms with Crippen LogP contribution in [0.25, 0.3) is 16.9 Å². The Morgan fingerprint density at radius 2 is 1.71 bits per heavy atom. The molecule has 0 N–H and O–H groups in total. The fourth-order valence-corrected chi connectivity index (χ4v) is 2.51. The van der Waals surface area contributed by atoms with Crippen molar-refractivity contribution >= 4 is 0 Å². The van der Waals surface area contributed by atoms with E-state index in [9.17, 15) is 0 Å². The summed E-state index contributed by atoms with van der Waals surface area (Å²) in [6, 6.07) is 14.7. The summed E-state index contributed by atoms with van der Waals surface area (Å²) in [5, 5.41) is 4.70. The van der Waals surface area contributed by atoms with Gasteiger partial charge < -0.3 is 0 Å². The molecule has 0 aliphatic heterocycles. The van der Waals surface area contributed by atoms with Crippen LogP contribution in [-0.4, -0.2) is 9.78 Å². The second kappa shape index (κ2) is 5.21. The molecule has 1 aromatic heterocycles. The highest BCUT2D eigenvalue weighted by Gasteiger charge is 2.07. The number of nitrogens with zero attached hydrogens (tertiary/aromatic N) is 2. The van der Waals surface area contributed by atoms with Gasteiger partial charge in [0.25, 0.3) is 0 Å². The minimum Gasteiger partial charge on any atom is -0.240 e. The topological polar surface area (TPSA) is 17.8 Å². The predicted octanol–water partition coefficient (Wildman–Crippen LogP) is 4.65. The Balaban J connectivity index is 2.01. The van der Waals surface area contributed by atoms with Gasteiger partial charge in [-0.15, -0.1) is 0 Å². The molecule has 0 unspecified atom stereocenters. The highest BCUT2D eigenvalue weighted by molar-refractivity contribution is 5.64. The van der Waals surface area contributed by atoms with Gasteiger partial charge in [-0.3, -0.25) is 0 Å². The minimum atomic E-state index is 0.999. The number of hydrogen-bond acceptors (Lipinski definition) is 1. The van der Waals surface area contributed by atoms with Crippen LogP contribution >= 0.6 is 0 Å². The smallest absolute Gasteiger partial charge is 0.0930 e. The Morgan fingerprint density at radius 1 is 0.905 bits per heavy atom. The Kier molecular flexibility index (Phi) is 3.38. The molecule has 0 aliphatic carbocycles. The second-order valence-electron chi connectivity index (χ2n) is 5.57. The Bertz CT molecular complexity index is 797. The van der Waals surface area contributed by atoms with E-state index in [4.69, 9.17) is 5.10 Å². The van der Waals surface area contributed by atoms with Gasteiger partial charge in [0.2, 0.25) is 0 Å². The van der Waals surface area contributed by atoms with Gasteiger partial charge in [0.1, 0.15) is 0 Å². The summed E-state index contributed by atoms with van der Waals surface area (Å²) in [5.74, 6) is 0. The summed E-state index contributed by atoms with van der Waals surface area (Å²) in [4.78, 5) is 0. The lowest BCUT2D eigenvalue weighted by Gasteiger charge is -2.06. The van der Waals surface area contributed by atoms with E-state index in [1.807, 2.05) is 10.9 Å².